The van der Waals surface area contributed by atoms with Crippen LogP contribution in [0.15, 0.2) is 59.4 Å². The lowest BCUT2D eigenvalue weighted by Crippen LogP contribution is -2.50. The molecule has 0 amide bonds. The van der Waals surface area contributed by atoms with E-state index in [2.05, 4.69) is 0 Å². The van der Waals surface area contributed by atoms with Crippen molar-refractivity contribution >= 4 is 28.9 Å². The highest BCUT2D eigenvalue weighted by Gasteiger charge is 2.46. The Morgan fingerprint density at radius 2 is 1.92 bits per heavy atom. The number of ether oxygens (including phenoxy) is 1. The molecule has 0 aromatic heterocycles. The number of nitrogens with zero attached hydrogens (tertiary/aromatic N) is 2. The quantitative estimate of drug-likeness (QED) is 0.669. The average Bonchev–Trinajstić information content (AvgIpc) is 3.02. The molecule has 6 heteroatoms. The lowest BCUT2D eigenvalue weighted by molar-refractivity contribution is -0.0697. The van der Waals surface area contributed by atoms with Crippen molar-refractivity contribution in [1.82, 2.24) is 5.01 Å². The van der Waals surface area contributed by atoms with Gasteiger partial charge >= 0.3 is 0 Å². The fourth-order valence-corrected chi connectivity index (χ4v) is 3.91. The monoisotopic (exact) mass is 388 g/mol. The number of hydrogen-bond donors (Lipinski definition) is 1. The normalized spacial score (nSPS) is 24.6. The van der Waals surface area contributed by atoms with Crippen LogP contribution in [-0.2, 0) is 0 Å². The smallest absolute Gasteiger partial charge is 0.218 e. The first-order valence-electron chi connectivity index (χ1n) is 8.35. The van der Waals surface area contributed by atoms with Crippen molar-refractivity contribution < 1.29 is 9.84 Å². The maximum absolute atomic E-state index is 9.87. The van der Waals surface area contributed by atoms with E-state index in [1.54, 1.807) is 13.0 Å². The van der Waals surface area contributed by atoms with Crippen LogP contribution < -0.4 is 4.74 Å². The zero-order chi connectivity index (χ0) is 18.5. The summed E-state index contributed by atoms with van der Waals surface area (Å²) in [6, 6.07) is 13.2. The molecule has 2 aliphatic rings. The third kappa shape index (κ3) is 2.93. The molecular formula is C20H18Cl2N2O2. The zero-order valence-electron chi connectivity index (χ0n) is 14.4. The van der Waals surface area contributed by atoms with Gasteiger partial charge < -0.3 is 9.84 Å². The van der Waals surface area contributed by atoms with E-state index in [1.807, 2.05) is 54.4 Å². The molecule has 2 aromatic rings. The van der Waals surface area contributed by atoms with Gasteiger partial charge in [0.1, 0.15) is 5.75 Å². The Hall–Kier alpha value is -2.17. The van der Waals surface area contributed by atoms with Gasteiger partial charge in [-0.05, 0) is 42.8 Å². The summed E-state index contributed by atoms with van der Waals surface area (Å²) in [4.78, 5) is 0. The minimum atomic E-state index is -0.890. The lowest BCUT2D eigenvalue weighted by atomic mass is 9.94. The van der Waals surface area contributed by atoms with Crippen molar-refractivity contribution in [1.29, 1.82) is 0 Å². The van der Waals surface area contributed by atoms with Gasteiger partial charge in [-0.25, -0.2) is 5.01 Å². The van der Waals surface area contributed by atoms with Crippen LogP contribution in [0.25, 0.3) is 0 Å². The van der Waals surface area contributed by atoms with Gasteiger partial charge in [0, 0.05) is 35.0 Å². The summed E-state index contributed by atoms with van der Waals surface area (Å²) in [6.07, 6.45) is 2.39. The van der Waals surface area contributed by atoms with E-state index < -0.39 is 5.72 Å². The Morgan fingerprint density at radius 1 is 1.23 bits per heavy atom. The van der Waals surface area contributed by atoms with E-state index in [9.17, 15) is 5.11 Å². The minimum Gasteiger partial charge on any atom is -0.513 e. The number of rotatable bonds is 2. The number of fused-ring (bicyclic) bond motifs is 3. The summed E-state index contributed by atoms with van der Waals surface area (Å²) in [5, 5.41) is 17.9. The summed E-state index contributed by atoms with van der Waals surface area (Å²) >= 11 is 12.2. The SMILES string of the molecule is C/C(O)=C\[C@@]1(C)Oc2ccc(Cl)cc2[C@H]2CC(c3ccc(Cl)cc3)=NN21. The number of hydrazone groups is 1. The maximum atomic E-state index is 9.87. The molecular weight excluding hydrogens is 371 g/mol. The van der Waals surface area contributed by atoms with Gasteiger partial charge in [0.2, 0.25) is 5.72 Å². The van der Waals surface area contributed by atoms with Gasteiger partial charge in [-0.15, -0.1) is 0 Å². The molecule has 0 spiro atoms. The Kier molecular flexibility index (Phi) is 4.13. The van der Waals surface area contributed by atoms with Crippen LogP contribution in [0, 0.1) is 0 Å². The van der Waals surface area contributed by atoms with Gasteiger partial charge in [-0.2, -0.15) is 5.10 Å². The fraction of sp³-hybridized carbons (Fsp3) is 0.250. The van der Waals surface area contributed by atoms with Crippen molar-refractivity contribution in [3.05, 3.63) is 75.5 Å². The zero-order valence-corrected chi connectivity index (χ0v) is 15.9. The summed E-state index contributed by atoms with van der Waals surface area (Å²) in [5.74, 6) is 0.932. The van der Waals surface area contributed by atoms with E-state index in [-0.39, 0.29) is 11.8 Å². The van der Waals surface area contributed by atoms with Gasteiger partial charge in [0.25, 0.3) is 0 Å². The molecule has 4 rings (SSSR count). The van der Waals surface area contributed by atoms with E-state index in [0.29, 0.717) is 16.5 Å². The molecule has 2 aromatic carbocycles. The Morgan fingerprint density at radius 3 is 2.62 bits per heavy atom. The number of benzene rings is 2. The van der Waals surface area contributed by atoms with Crippen molar-refractivity contribution in [2.45, 2.75) is 32.0 Å². The van der Waals surface area contributed by atoms with E-state index >= 15 is 0 Å². The average molecular weight is 389 g/mol. The fourth-order valence-electron chi connectivity index (χ4n) is 3.60. The summed E-state index contributed by atoms with van der Waals surface area (Å²) in [7, 11) is 0. The third-order valence-corrected chi connectivity index (χ3v) is 5.15. The molecule has 26 heavy (non-hydrogen) atoms. The molecule has 0 saturated heterocycles. The molecule has 0 saturated carbocycles. The van der Waals surface area contributed by atoms with Gasteiger partial charge in [0.15, 0.2) is 0 Å². The number of allylic oxidation sites excluding steroid dienone is 1. The molecule has 0 fully saturated rings. The molecule has 0 radical (unpaired) electrons. The van der Waals surface area contributed by atoms with Crippen LogP contribution in [0.4, 0.5) is 0 Å². The summed E-state index contributed by atoms with van der Waals surface area (Å²) in [5.41, 5.74) is 2.06. The molecule has 2 aliphatic heterocycles. The van der Waals surface area contributed by atoms with E-state index in [4.69, 9.17) is 33.0 Å². The molecule has 2 atom stereocenters. The largest absolute Gasteiger partial charge is 0.513 e. The standard InChI is InChI=1S/C20H18Cl2N2O2/c1-12(25)11-20(2)24-18(16-9-15(22)7-8-19(16)26-20)10-17(23-24)13-3-5-14(21)6-4-13/h3-9,11,18,25H,10H2,1-2H3/b12-11+/t18-,20-/m1/s1. The van der Waals surface area contributed by atoms with Gasteiger partial charge in [0.05, 0.1) is 17.5 Å². The van der Waals surface area contributed by atoms with Crippen molar-refractivity contribution in [3.8, 4) is 5.75 Å². The van der Waals surface area contributed by atoms with Crippen LogP contribution >= 0.6 is 23.2 Å². The van der Waals surface area contributed by atoms with Crippen molar-refractivity contribution in [3.63, 3.8) is 0 Å². The molecule has 2 heterocycles. The highest BCUT2D eigenvalue weighted by atomic mass is 35.5. The number of aliphatic hydroxyl groups excluding tert-OH is 1. The van der Waals surface area contributed by atoms with Crippen LogP contribution in [-0.4, -0.2) is 21.6 Å². The topological polar surface area (TPSA) is 45.1 Å². The second-order valence-electron chi connectivity index (χ2n) is 6.74. The number of halogens is 2. The van der Waals surface area contributed by atoms with Crippen molar-refractivity contribution in [2.75, 3.05) is 0 Å². The van der Waals surface area contributed by atoms with Crippen LogP contribution in [0.1, 0.15) is 37.4 Å². The van der Waals surface area contributed by atoms with Gasteiger partial charge in [-0.3, -0.25) is 0 Å². The predicted molar refractivity (Wildman–Crippen MR) is 104 cm³/mol. The highest BCUT2D eigenvalue weighted by molar-refractivity contribution is 6.31. The molecule has 1 N–H and O–H groups in total. The van der Waals surface area contributed by atoms with Crippen molar-refractivity contribution in [2.24, 2.45) is 5.10 Å². The predicted octanol–water partition coefficient (Wildman–Crippen LogP) is 5.71. The van der Waals surface area contributed by atoms with Crippen LogP contribution in [0.3, 0.4) is 0 Å². The van der Waals surface area contributed by atoms with E-state index in [0.717, 1.165) is 22.6 Å². The lowest BCUT2D eigenvalue weighted by Gasteiger charge is -2.44. The number of hydrogen-bond acceptors (Lipinski definition) is 4. The first-order valence-corrected chi connectivity index (χ1v) is 9.11. The summed E-state index contributed by atoms with van der Waals surface area (Å²) < 4.78 is 6.21. The number of aliphatic hydroxyl groups is 1. The molecule has 4 nitrogen and oxygen atoms in total. The second kappa shape index (κ2) is 6.22. The maximum Gasteiger partial charge on any atom is 0.218 e. The third-order valence-electron chi connectivity index (χ3n) is 4.67. The van der Waals surface area contributed by atoms with Crippen LogP contribution in [0.5, 0.6) is 5.75 Å². The Balaban J connectivity index is 1.82. The Bertz CT molecular complexity index is 920. The summed E-state index contributed by atoms with van der Waals surface area (Å²) in [6.45, 7) is 3.52. The highest BCUT2D eigenvalue weighted by Crippen LogP contribution is 2.48. The minimum absolute atomic E-state index is 0.0243. The van der Waals surface area contributed by atoms with E-state index in [1.165, 1.54) is 0 Å². The van der Waals surface area contributed by atoms with Gasteiger partial charge in [-0.1, -0.05) is 35.3 Å². The second-order valence-corrected chi connectivity index (χ2v) is 7.62. The first kappa shape index (κ1) is 17.3. The first-order chi connectivity index (χ1) is 12.4. The van der Waals surface area contributed by atoms with Crippen LogP contribution in [0.2, 0.25) is 10.0 Å². The Labute approximate surface area is 162 Å². The molecule has 0 unspecified atom stereocenters. The molecule has 134 valence electrons. The molecule has 0 bridgehead atoms. The molecule has 0 aliphatic carbocycles.